The standard InChI is InChI=1S/C18H32N2S/c1-6-14(2)16-12-19-17(18(3,4)5)13-20(16)10-9-15-8-7-11-21-15/h7-8,11,14,16-17,19H,6,9-10,12-13H2,1-5H3. The molecule has 0 bridgehead atoms. The maximum absolute atomic E-state index is 3.81. The lowest BCUT2D eigenvalue weighted by Crippen LogP contribution is -2.62. The van der Waals surface area contributed by atoms with Crippen molar-refractivity contribution < 1.29 is 0 Å². The Hall–Kier alpha value is -0.380. The van der Waals surface area contributed by atoms with Gasteiger partial charge >= 0.3 is 0 Å². The summed E-state index contributed by atoms with van der Waals surface area (Å²) >= 11 is 1.89. The van der Waals surface area contributed by atoms with E-state index in [4.69, 9.17) is 0 Å². The minimum atomic E-state index is 0.335. The van der Waals surface area contributed by atoms with E-state index in [-0.39, 0.29) is 0 Å². The van der Waals surface area contributed by atoms with E-state index in [1.807, 2.05) is 11.3 Å². The Labute approximate surface area is 134 Å². The van der Waals surface area contributed by atoms with E-state index in [1.165, 1.54) is 30.8 Å². The monoisotopic (exact) mass is 308 g/mol. The molecule has 0 spiro atoms. The first-order valence-corrected chi connectivity index (χ1v) is 9.29. The van der Waals surface area contributed by atoms with Gasteiger partial charge < -0.3 is 5.32 Å². The molecule has 0 radical (unpaired) electrons. The van der Waals surface area contributed by atoms with Crippen LogP contribution >= 0.6 is 11.3 Å². The van der Waals surface area contributed by atoms with Crippen molar-refractivity contribution in [3.63, 3.8) is 0 Å². The number of piperazine rings is 1. The molecule has 1 saturated heterocycles. The van der Waals surface area contributed by atoms with Crippen LogP contribution in [-0.2, 0) is 6.42 Å². The molecular weight excluding hydrogens is 276 g/mol. The number of thiophene rings is 1. The molecule has 0 saturated carbocycles. The molecular formula is C18H32N2S. The fourth-order valence-electron chi connectivity index (χ4n) is 3.21. The normalized spacial score (nSPS) is 26.0. The summed E-state index contributed by atoms with van der Waals surface area (Å²) in [5.41, 5.74) is 0.335. The first-order chi connectivity index (χ1) is 9.91. The average molecular weight is 309 g/mol. The van der Waals surface area contributed by atoms with Gasteiger partial charge in [-0.15, -0.1) is 11.3 Å². The summed E-state index contributed by atoms with van der Waals surface area (Å²) in [6.07, 6.45) is 2.46. The number of rotatable bonds is 5. The van der Waals surface area contributed by atoms with Gasteiger partial charge in [0.1, 0.15) is 0 Å². The van der Waals surface area contributed by atoms with Gasteiger partial charge in [-0.2, -0.15) is 0 Å². The maximum atomic E-state index is 3.81. The highest BCUT2D eigenvalue weighted by Crippen LogP contribution is 2.26. The molecule has 3 atom stereocenters. The largest absolute Gasteiger partial charge is 0.311 e. The third kappa shape index (κ3) is 4.54. The quantitative estimate of drug-likeness (QED) is 0.883. The molecule has 1 fully saturated rings. The van der Waals surface area contributed by atoms with Crippen LogP contribution in [0.3, 0.4) is 0 Å². The lowest BCUT2D eigenvalue weighted by molar-refractivity contribution is 0.0593. The molecule has 1 aromatic rings. The lowest BCUT2D eigenvalue weighted by Gasteiger charge is -2.47. The molecule has 0 aromatic carbocycles. The van der Waals surface area contributed by atoms with Crippen LogP contribution in [0.5, 0.6) is 0 Å². The smallest absolute Gasteiger partial charge is 0.0247 e. The highest BCUT2D eigenvalue weighted by molar-refractivity contribution is 7.09. The van der Waals surface area contributed by atoms with Gasteiger partial charge in [0, 0.05) is 36.6 Å². The van der Waals surface area contributed by atoms with E-state index < -0.39 is 0 Å². The van der Waals surface area contributed by atoms with Crippen molar-refractivity contribution in [2.75, 3.05) is 19.6 Å². The predicted octanol–water partition coefficient (Wildman–Crippen LogP) is 4.03. The Bertz CT molecular complexity index is 407. The lowest BCUT2D eigenvalue weighted by atomic mass is 9.83. The summed E-state index contributed by atoms with van der Waals surface area (Å²) in [4.78, 5) is 4.27. The van der Waals surface area contributed by atoms with Crippen molar-refractivity contribution in [2.24, 2.45) is 11.3 Å². The van der Waals surface area contributed by atoms with Crippen molar-refractivity contribution in [3.8, 4) is 0 Å². The molecule has 1 aliphatic heterocycles. The molecule has 3 heteroatoms. The third-order valence-electron chi connectivity index (χ3n) is 5.03. The topological polar surface area (TPSA) is 15.3 Å². The van der Waals surface area contributed by atoms with E-state index in [0.717, 1.165) is 12.5 Å². The molecule has 2 nitrogen and oxygen atoms in total. The van der Waals surface area contributed by atoms with Crippen LogP contribution in [0.1, 0.15) is 45.9 Å². The average Bonchev–Trinajstić information content (AvgIpc) is 2.96. The Morgan fingerprint density at radius 3 is 2.76 bits per heavy atom. The Morgan fingerprint density at radius 2 is 2.19 bits per heavy atom. The van der Waals surface area contributed by atoms with Crippen molar-refractivity contribution in [1.82, 2.24) is 10.2 Å². The van der Waals surface area contributed by atoms with Gasteiger partial charge in [-0.05, 0) is 29.2 Å². The second kappa shape index (κ2) is 7.26. The zero-order valence-corrected chi connectivity index (χ0v) is 15.2. The van der Waals surface area contributed by atoms with Crippen LogP contribution in [-0.4, -0.2) is 36.6 Å². The van der Waals surface area contributed by atoms with Gasteiger partial charge in [0.05, 0.1) is 0 Å². The molecule has 3 unspecified atom stereocenters. The van der Waals surface area contributed by atoms with Crippen molar-refractivity contribution in [3.05, 3.63) is 22.4 Å². The summed E-state index contributed by atoms with van der Waals surface area (Å²) in [6.45, 7) is 15.3. The van der Waals surface area contributed by atoms with E-state index in [0.29, 0.717) is 17.5 Å². The van der Waals surface area contributed by atoms with E-state index in [2.05, 4.69) is 62.3 Å². The molecule has 0 amide bonds. The Balaban J connectivity index is 2.01. The summed E-state index contributed by atoms with van der Waals surface area (Å²) in [6, 6.07) is 5.73. The van der Waals surface area contributed by atoms with Crippen LogP contribution in [0.25, 0.3) is 0 Å². The second-order valence-electron chi connectivity index (χ2n) is 7.60. The van der Waals surface area contributed by atoms with Gasteiger partial charge in [-0.3, -0.25) is 4.90 Å². The van der Waals surface area contributed by atoms with Crippen LogP contribution in [0.4, 0.5) is 0 Å². The number of nitrogens with zero attached hydrogens (tertiary/aromatic N) is 1. The first kappa shape index (κ1) is 17.0. The maximum Gasteiger partial charge on any atom is 0.0247 e. The van der Waals surface area contributed by atoms with Crippen LogP contribution < -0.4 is 5.32 Å². The van der Waals surface area contributed by atoms with Gasteiger partial charge in [-0.1, -0.05) is 47.1 Å². The molecule has 21 heavy (non-hydrogen) atoms. The Morgan fingerprint density at radius 1 is 1.43 bits per heavy atom. The minimum absolute atomic E-state index is 0.335. The van der Waals surface area contributed by atoms with Crippen molar-refractivity contribution in [2.45, 2.75) is 59.5 Å². The third-order valence-corrected chi connectivity index (χ3v) is 5.97. The van der Waals surface area contributed by atoms with Crippen molar-refractivity contribution >= 4 is 11.3 Å². The zero-order chi connectivity index (χ0) is 15.5. The molecule has 120 valence electrons. The first-order valence-electron chi connectivity index (χ1n) is 8.41. The second-order valence-corrected chi connectivity index (χ2v) is 8.64. The fourth-order valence-corrected chi connectivity index (χ4v) is 3.90. The highest BCUT2D eigenvalue weighted by Gasteiger charge is 2.35. The number of hydrogen-bond donors (Lipinski definition) is 1. The molecule has 0 aliphatic carbocycles. The number of nitrogens with one attached hydrogen (secondary N) is 1. The molecule has 1 aliphatic rings. The van der Waals surface area contributed by atoms with E-state index in [1.54, 1.807) is 0 Å². The molecule has 1 N–H and O–H groups in total. The minimum Gasteiger partial charge on any atom is -0.311 e. The Kier molecular flexibility index (Phi) is 5.87. The highest BCUT2D eigenvalue weighted by atomic mass is 32.1. The number of hydrogen-bond acceptors (Lipinski definition) is 3. The van der Waals surface area contributed by atoms with Gasteiger partial charge in [0.15, 0.2) is 0 Å². The fraction of sp³-hybridized carbons (Fsp3) is 0.778. The van der Waals surface area contributed by atoms with Gasteiger partial charge in [0.2, 0.25) is 0 Å². The van der Waals surface area contributed by atoms with Crippen LogP contribution in [0.15, 0.2) is 17.5 Å². The summed E-state index contributed by atoms with van der Waals surface area (Å²) in [5.74, 6) is 0.766. The van der Waals surface area contributed by atoms with E-state index in [9.17, 15) is 0 Å². The molecule has 2 rings (SSSR count). The summed E-state index contributed by atoms with van der Waals surface area (Å²) in [5, 5.41) is 6.00. The van der Waals surface area contributed by atoms with E-state index >= 15 is 0 Å². The van der Waals surface area contributed by atoms with Crippen LogP contribution in [0.2, 0.25) is 0 Å². The SMILES string of the molecule is CCC(C)C1CNC(C(C)(C)C)CN1CCc1cccs1. The summed E-state index contributed by atoms with van der Waals surface area (Å²) in [7, 11) is 0. The summed E-state index contributed by atoms with van der Waals surface area (Å²) < 4.78 is 0. The van der Waals surface area contributed by atoms with Crippen LogP contribution in [0, 0.1) is 11.3 Å². The van der Waals surface area contributed by atoms with Gasteiger partial charge in [0.25, 0.3) is 0 Å². The predicted molar refractivity (Wildman–Crippen MR) is 94.1 cm³/mol. The molecule has 2 heterocycles. The van der Waals surface area contributed by atoms with Gasteiger partial charge in [-0.25, -0.2) is 0 Å². The molecule has 1 aromatic heterocycles. The zero-order valence-electron chi connectivity index (χ0n) is 14.4. The van der Waals surface area contributed by atoms with Crippen molar-refractivity contribution in [1.29, 1.82) is 0 Å².